The minimum atomic E-state index is -1.48. The lowest BCUT2D eigenvalue weighted by Gasteiger charge is -2.42. The fourth-order valence-electron chi connectivity index (χ4n) is 7.63. The van der Waals surface area contributed by atoms with Gasteiger partial charge in [0.2, 0.25) is 17.7 Å². The van der Waals surface area contributed by atoms with Crippen molar-refractivity contribution < 1.29 is 72.8 Å². The van der Waals surface area contributed by atoms with Crippen LogP contribution in [0.15, 0.2) is 59.8 Å². The zero-order valence-corrected chi connectivity index (χ0v) is 45.5. The summed E-state index contributed by atoms with van der Waals surface area (Å²) in [6, 6.07) is 16.0. The van der Waals surface area contributed by atoms with Gasteiger partial charge >= 0.3 is 5.97 Å². The number of hydrogen-bond donors (Lipinski definition) is 7. The van der Waals surface area contributed by atoms with Gasteiger partial charge in [-0.3, -0.25) is 19.2 Å². The molecule has 3 rings (SSSR count). The number of carbonyl (C=O) groups excluding carboxylic acids is 4. The predicted molar refractivity (Wildman–Crippen MR) is 280 cm³/mol. The molecule has 1 aromatic carbocycles. The fraction of sp³-hybridized carbons (Fsp3) is 0.653. The maximum absolute atomic E-state index is 14.5. The Morgan fingerprint density at radius 2 is 1.51 bits per heavy atom. The molecule has 1 aliphatic rings. The van der Waals surface area contributed by atoms with Crippen LogP contribution in [0.2, 0.25) is 0 Å². The topological polar surface area (TPSA) is 287 Å². The Kier molecular flexibility index (Phi) is 29.9. The highest BCUT2D eigenvalue weighted by atomic mass is 33.1. The van der Waals surface area contributed by atoms with Crippen LogP contribution in [0.5, 0.6) is 0 Å². The van der Waals surface area contributed by atoms with E-state index in [0.717, 1.165) is 22.5 Å². The first-order valence-corrected chi connectivity index (χ1v) is 27.5. The Balaban J connectivity index is 1.58. The molecule has 0 radical (unpaired) electrons. The highest BCUT2D eigenvalue weighted by Gasteiger charge is 2.49. The molecular weight excluding hydrogens is 1030 g/mol. The summed E-state index contributed by atoms with van der Waals surface area (Å²) < 4.78 is 38.1. The van der Waals surface area contributed by atoms with Gasteiger partial charge in [-0.1, -0.05) is 78.1 Å². The molecule has 2 heterocycles. The molecule has 1 aromatic heterocycles. The van der Waals surface area contributed by atoms with Gasteiger partial charge in [0.05, 0.1) is 92.6 Å². The number of aliphatic hydroxyl groups excluding tert-OH is 4. The van der Waals surface area contributed by atoms with E-state index in [1.54, 1.807) is 48.6 Å². The average molecular weight is 1100 g/mol. The van der Waals surface area contributed by atoms with Gasteiger partial charge in [-0.05, 0) is 68.5 Å². The molecule has 1 fully saturated rings. The van der Waals surface area contributed by atoms with Crippen molar-refractivity contribution in [3.63, 3.8) is 0 Å². The van der Waals surface area contributed by atoms with E-state index in [4.69, 9.17) is 45.4 Å². The first-order valence-electron chi connectivity index (χ1n) is 24.0. The SMILES string of the molecule is CC(=O)NC1C(OCCOCCNC(=O)C(C)(CC(C)(C#N)CCC(=O)OCCOCCOCCOCCSSc2ccccn2)CC(C)(SC(=S)c2ccccc2)C(=O)NCC(C)O)OC(CO)C(O)C1O. The third kappa shape index (κ3) is 23.9. The van der Waals surface area contributed by atoms with Crippen molar-refractivity contribution in [2.75, 3.05) is 91.5 Å². The Morgan fingerprint density at radius 3 is 2.14 bits per heavy atom. The second-order valence-electron chi connectivity index (χ2n) is 17.9. The highest BCUT2D eigenvalue weighted by molar-refractivity contribution is 8.76. The number of nitrogens with one attached hydrogen (secondary N) is 3. The smallest absolute Gasteiger partial charge is 0.305 e. The van der Waals surface area contributed by atoms with Crippen LogP contribution in [0.1, 0.15) is 65.9 Å². The molecule has 1 saturated heterocycles. The number of pyridine rings is 1. The summed E-state index contributed by atoms with van der Waals surface area (Å²) in [4.78, 5) is 57.6. The molecule has 3 amide bonds. The number of benzene rings is 1. The Labute approximate surface area is 445 Å². The maximum Gasteiger partial charge on any atom is 0.305 e. The first kappa shape index (κ1) is 63.8. The van der Waals surface area contributed by atoms with E-state index >= 15 is 0 Å². The van der Waals surface area contributed by atoms with Gasteiger partial charge in [0.15, 0.2) is 6.29 Å². The number of rotatable bonds is 36. The van der Waals surface area contributed by atoms with E-state index in [2.05, 4.69) is 27.0 Å². The lowest BCUT2D eigenvalue weighted by molar-refractivity contribution is -0.272. The number of ether oxygens (including phenoxy) is 7. The molecule has 24 heteroatoms. The number of carbonyl (C=O) groups is 4. The second-order valence-corrected chi connectivity index (χ2v) is 22.6. The maximum atomic E-state index is 14.5. The lowest BCUT2D eigenvalue weighted by atomic mass is 9.67. The number of esters is 1. The minimum Gasteiger partial charge on any atom is -0.463 e. The van der Waals surface area contributed by atoms with Crippen LogP contribution in [0, 0.1) is 22.2 Å². The van der Waals surface area contributed by atoms with Gasteiger partial charge in [0.1, 0.15) is 36.0 Å². The average Bonchev–Trinajstić information content (AvgIpc) is 3.36. The van der Waals surface area contributed by atoms with Gasteiger partial charge in [-0.15, -0.1) is 0 Å². The van der Waals surface area contributed by atoms with Crippen molar-refractivity contribution in [1.29, 1.82) is 5.26 Å². The van der Waals surface area contributed by atoms with Crippen LogP contribution in [0.25, 0.3) is 0 Å². The van der Waals surface area contributed by atoms with E-state index in [1.807, 2.05) is 48.5 Å². The van der Waals surface area contributed by atoms with E-state index in [9.17, 15) is 44.9 Å². The molecule has 9 unspecified atom stereocenters. The second kappa shape index (κ2) is 34.2. The fourth-order valence-corrected chi connectivity index (χ4v) is 11.3. The molecule has 408 valence electrons. The van der Waals surface area contributed by atoms with E-state index < -0.39 is 82.6 Å². The van der Waals surface area contributed by atoms with E-state index in [-0.39, 0.29) is 78.4 Å². The summed E-state index contributed by atoms with van der Waals surface area (Å²) in [7, 11) is 3.26. The monoisotopic (exact) mass is 1100 g/mol. The van der Waals surface area contributed by atoms with Gasteiger partial charge < -0.3 is 69.5 Å². The third-order valence-corrected chi connectivity index (χ3v) is 15.1. The summed E-state index contributed by atoms with van der Waals surface area (Å²) in [6.45, 7) is 9.07. The quantitative estimate of drug-likeness (QED) is 0.0223. The highest BCUT2D eigenvalue weighted by Crippen LogP contribution is 2.47. The van der Waals surface area contributed by atoms with Crippen LogP contribution in [0.4, 0.5) is 0 Å². The van der Waals surface area contributed by atoms with Gasteiger partial charge in [0.25, 0.3) is 0 Å². The number of amides is 3. The molecule has 2 aromatic rings. The van der Waals surface area contributed by atoms with Crippen LogP contribution in [-0.4, -0.2) is 186 Å². The van der Waals surface area contributed by atoms with Crippen LogP contribution >= 0.6 is 45.6 Å². The summed E-state index contributed by atoms with van der Waals surface area (Å²) >= 11 is 6.90. The zero-order valence-electron chi connectivity index (χ0n) is 42.2. The van der Waals surface area contributed by atoms with Gasteiger partial charge in [-0.25, -0.2) is 4.98 Å². The number of nitrogens with zero attached hydrogens (tertiary/aromatic N) is 2. The molecule has 0 saturated carbocycles. The molecule has 0 spiro atoms. The zero-order chi connectivity index (χ0) is 53.7. The number of nitriles is 1. The number of thioether (sulfide) groups is 1. The summed E-state index contributed by atoms with van der Waals surface area (Å²) in [6.07, 6.45) is -4.78. The summed E-state index contributed by atoms with van der Waals surface area (Å²) in [5.41, 5.74) is -2.03. The molecule has 20 nitrogen and oxygen atoms in total. The molecule has 73 heavy (non-hydrogen) atoms. The number of hydrogen-bond acceptors (Lipinski definition) is 21. The van der Waals surface area contributed by atoms with E-state index in [1.165, 1.54) is 13.8 Å². The normalized spacial score (nSPS) is 20.5. The molecule has 7 N–H and O–H groups in total. The van der Waals surface area contributed by atoms with Gasteiger partial charge in [-0.2, -0.15) is 5.26 Å². The first-order chi connectivity index (χ1) is 34.8. The minimum absolute atomic E-state index is 0.00789. The van der Waals surface area contributed by atoms with Gasteiger partial charge in [0, 0.05) is 43.8 Å². The van der Waals surface area contributed by atoms with E-state index in [0.29, 0.717) is 36.2 Å². The third-order valence-electron chi connectivity index (χ3n) is 11.2. The molecule has 9 atom stereocenters. The van der Waals surface area contributed by atoms with Crippen molar-refractivity contribution in [3.8, 4) is 6.07 Å². The lowest BCUT2D eigenvalue weighted by Crippen LogP contribution is -2.64. The van der Waals surface area contributed by atoms with Crippen LogP contribution in [0.3, 0.4) is 0 Å². The van der Waals surface area contributed by atoms with Crippen molar-refractivity contribution >= 4 is 73.5 Å². The Hall–Kier alpha value is -3.52. The summed E-state index contributed by atoms with van der Waals surface area (Å²) in [5, 5.41) is 60.2. The van der Waals surface area contributed by atoms with Crippen molar-refractivity contribution in [2.45, 2.75) is 107 Å². The summed E-state index contributed by atoms with van der Waals surface area (Å²) in [5.74, 6) is -1.25. The van der Waals surface area contributed by atoms with Crippen molar-refractivity contribution in [1.82, 2.24) is 20.9 Å². The number of thiocarbonyl (C=S) groups is 1. The Morgan fingerprint density at radius 1 is 0.863 bits per heavy atom. The largest absolute Gasteiger partial charge is 0.463 e. The van der Waals surface area contributed by atoms with Crippen molar-refractivity contribution in [2.24, 2.45) is 10.8 Å². The molecular formula is C49H73N5O15S4. The Bertz CT molecular complexity index is 2010. The van der Waals surface area contributed by atoms with Crippen LogP contribution < -0.4 is 16.0 Å². The molecule has 1 aliphatic heterocycles. The number of aromatic nitrogens is 1. The van der Waals surface area contributed by atoms with Crippen molar-refractivity contribution in [3.05, 3.63) is 60.3 Å². The standard InChI is InChI=1S/C49H73N5O15S4/c1-34(56)29-53-46(62)49(5,72-44(70)36-11-7-6-8-12-36)32-48(4,45(61)52-17-18-63-24-26-68-43-40(54-35(2)57)42(60)41(59)37(30-55)69-43)31-47(3,33-50)15-14-39(58)67-25-23-65-20-19-64-21-22-66-27-28-71-73-38-13-9-10-16-51-38/h6-13,16,34,37,40-43,55-56,59-60H,14-15,17-32H2,1-5H3,(H,52,61)(H,53,62)(H,54,57). The predicted octanol–water partition coefficient (Wildman–Crippen LogP) is 2.97. The molecule has 0 aliphatic carbocycles. The number of aliphatic hydroxyl groups is 4. The molecule has 0 bridgehead atoms. The van der Waals surface area contributed by atoms with Crippen LogP contribution in [-0.2, 0) is 52.3 Å².